The number of piperidine rings is 1. The summed E-state index contributed by atoms with van der Waals surface area (Å²) in [4.78, 5) is 14.9. The van der Waals surface area contributed by atoms with Crippen LogP contribution in [-0.2, 0) is 4.79 Å². The molecule has 154 valence electrons. The standard InChI is InChI=1S/C20H31N3O2.2ClH/c1-23-12-4-5-15(13-22-20(24)17-6-3-7-18(17)21)19(23)14-8-10-16(25-2)11-9-14;;/h8-11,15,17-19H,3-7,12-13,21H2,1-2H3,(H,22,24);2*1H. The number of benzene rings is 1. The van der Waals surface area contributed by atoms with Gasteiger partial charge < -0.3 is 15.8 Å². The molecule has 4 unspecified atom stereocenters. The molecule has 1 aromatic carbocycles. The lowest BCUT2D eigenvalue weighted by Crippen LogP contribution is -2.44. The molecule has 5 nitrogen and oxygen atoms in total. The zero-order valence-electron chi connectivity index (χ0n) is 16.2. The van der Waals surface area contributed by atoms with Gasteiger partial charge in [0.1, 0.15) is 5.75 Å². The Morgan fingerprint density at radius 3 is 2.48 bits per heavy atom. The molecule has 0 bridgehead atoms. The molecule has 0 radical (unpaired) electrons. The molecule has 3 rings (SSSR count). The SMILES string of the molecule is COc1ccc(C2C(CNC(=O)C3CCCC3N)CCCN2C)cc1.Cl.Cl. The van der Waals surface area contributed by atoms with E-state index in [2.05, 4.69) is 29.4 Å². The van der Waals surface area contributed by atoms with Crippen molar-refractivity contribution in [2.24, 2.45) is 17.6 Å². The molecular formula is C20H33Cl2N3O2. The largest absolute Gasteiger partial charge is 0.497 e. The van der Waals surface area contributed by atoms with Gasteiger partial charge in [-0.15, -0.1) is 24.8 Å². The van der Waals surface area contributed by atoms with E-state index in [0.717, 1.165) is 44.5 Å². The molecule has 1 aromatic rings. The minimum absolute atomic E-state index is 0. The van der Waals surface area contributed by atoms with Crippen molar-refractivity contribution in [1.82, 2.24) is 10.2 Å². The summed E-state index contributed by atoms with van der Waals surface area (Å²) in [6, 6.07) is 8.69. The van der Waals surface area contributed by atoms with Crippen LogP contribution in [0, 0.1) is 11.8 Å². The number of ether oxygens (including phenoxy) is 1. The molecule has 1 aliphatic heterocycles. The number of rotatable bonds is 5. The number of hydrogen-bond acceptors (Lipinski definition) is 4. The monoisotopic (exact) mass is 417 g/mol. The number of hydrogen-bond donors (Lipinski definition) is 2. The minimum Gasteiger partial charge on any atom is -0.497 e. The number of methoxy groups -OCH3 is 1. The number of nitrogens with zero attached hydrogens (tertiary/aromatic N) is 1. The van der Waals surface area contributed by atoms with Gasteiger partial charge in [-0.2, -0.15) is 0 Å². The van der Waals surface area contributed by atoms with Crippen molar-refractivity contribution >= 4 is 30.7 Å². The van der Waals surface area contributed by atoms with E-state index in [9.17, 15) is 4.79 Å². The highest BCUT2D eigenvalue weighted by Gasteiger charge is 2.33. The molecule has 1 heterocycles. The molecule has 2 aliphatic rings. The van der Waals surface area contributed by atoms with Crippen LogP contribution in [0.4, 0.5) is 0 Å². The first-order valence-electron chi connectivity index (χ1n) is 9.47. The van der Waals surface area contributed by atoms with Crippen molar-refractivity contribution < 1.29 is 9.53 Å². The number of carbonyl (C=O) groups is 1. The van der Waals surface area contributed by atoms with E-state index in [-0.39, 0.29) is 42.7 Å². The number of nitrogens with two attached hydrogens (primary N) is 1. The summed E-state index contributed by atoms with van der Waals surface area (Å²) in [5, 5.41) is 3.20. The number of halogens is 2. The van der Waals surface area contributed by atoms with Crippen LogP contribution in [0.25, 0.3) is 0 Å². The fraction of sp³-hybridized carbons (Fsp3) is 0.650. The highest BCUT2D eigenvalue weighted by atomic mass is 35.5. The molecule has 7 heteroatoms. The van der Waals surface area contributed by atoms with Crippen LogP contribution >= 0.6 is 24.8 Å². The second-order valence-electron chi connectivity index (χ2n) is 7.55. The van der Waals surface area contributed by atoms with E-state index in [0.29, 0.717) is 12.0 Å². The molecule has 27 heavy (non-hydrogen) atoms. The first-order valence-corrected chi connectivity index (χ1v) is 9.47. The summed E-state index contributed by atoms with van der Waals surface area (Å²) in [6.07, 6.45) is 5.28. The highest BCUT2D eigenvalue weighted by Crippen LogP contribution is 2.35. The number of likely N-dealkylation sites (tertiary alicyclic amines) is 1. The van der Waals surface area contributed by atoms with Crippen molar-refractivity contribution in [1.29, 1.82) is 0 Å². The van der Waals surface area contributed by atoms with Crippen LogP contribution in [0.5, 0.6) is 5.75 Å². The highest BCUT2D eigenvalue weighted by molar-refractivity contribution is 5.85. The Bertz CT molecular complexity index is 585. The summed E-state index contributed by atoms with van der Waals surface area (Å²) in [5.41, 5.74) is 7.37. The van der Waals surface area contributed by atoms with Gasteiger partial charge in [-0.05, 0) is 62.9 Å². The molecule has 4 atom stereocenters. The van der Waals surface area contributed by atoms with E-state index in [1.807, 2.05) is 12.1 Å². The molecule has 1 saturated heterocycles. The van der Waals surface area contributed by atoms with E-state index < -0.39 is 0 Å². The molecular weight excluding hydrogens is 385 g/mol. The average molecular weight is 418 g/mol. The molecule has 1 amide bonds. The topological polar surface area (TPSA) is 67.6 Å². The molecule has 1 aliphatic carbocycles. The van der Waals surface area contributed by atoms with Crippen molar-refractivity contribution in [3.8, 4) is 5.75 Å². The van der Waals surface area contributed by atoms with Gasteiger partial charge in [0.05, 0.1) is 13.0 Å². The van der Waals surface area contributed by atoms with E-state index in [1.165, 1.54) is 12.0 Å². The van der Waals surface area contributed by atoms with Crippen LogP contribution < -0.4 is 15.8 Å². The maximum atomic E-state index is 12.5. The van der Waals surface area contributed by atoms with Crippen molar-refractivity contribution in [3.63, 3.8) is 0 Å². The maximum Gasteiger partial charge on any atom is 0.224 e. The molecule has 0 aromatic heterocycles. The fourth-order valence-electron chi connectivity index (χ4n) is 4.48. The van der Waals surface area contributed by atoms with Crippen molar-refractivity contribution in [3.05, 3.63) is 29.8 Å². The zero-order chi connectivity index (χ0) is 17.8. The van der Waals surface area contributed by atoms with Gasteiger partial charge in [-0.3, -0.25) is 9.69 Å². The second kappa shape index (κ2) is 11.1. The normalized spacial score (nSPS) is 28.0. The van der Waals surface area contributed by atoms with Gasteiger partial charge in [0.25, 0.3) is 0 Å². The van der Waals surface area contributed by atoms with Crippen LogP contribution in [0.2, 0.25) is 0 Å². The third kappa shape index (κ3) is 5.74. The molecule has 0 spiro atoms. The molecule has 1 saturated carbocycles. The predicted molar refractivity (Wildman–Crippen MR) is 114 cm³/mol. The average Bonchev–Trinajstić information content (AvgIpc) is 3.06. The smallest absolute Gasteiger partial charge is 0.224 e. The quantitative estimate of drug-likeness (QED) is 0.771. The van der Waals surface area contributed by atoms with Gasteiger partial charge in [0.2, 0.25) is 5.91 Å². The Hall–Kier alpha value is -1.01. The second-order valence-corrected chi connectivity index (χ2v) is 7.55. The zero-order valence-corrected chi connectivity index (χ0v) is 17.9. The molecule has 3 N–H and O–H groups in total. The van der Waals surface area contributed by atoms with Crippen LogP contribution in [0.1, 0.15) is 43.7 Å². The fourth-order valence-corrected chi connectivity index (χ4v) is 4.48. The Morgan fingerprint density at radius 1 is 1.19 bits per heavy atom. The van der Waals surface area contributed by atoms with Gasteiger partial charge >= 0.3 is 0 Å². The van der Waals surface area contributed by atoms with E-state index in [4.69, 9.17) is 10.5 Å². The Kier molecular flexibility index (Phi) is 9.88. The van der Waals surface area contributed by atoms with Crippen molar-refractivity contribution in [2.75, 3.05) is 27.2 Å². The third-order valence-electron chi connectivity index (χ3n) is 5.91. The summed E-state index contributed by atoms with van der Waals surface area (Å²) < 4.78 is 5.27. The van der Waals surface area contributed by atoms with Crippen molar-refractivity contribution in [2.45, 2.75) is 44.2 Å². The first kappa shape index (κ1) is 24.0. The Morgan fingerprint density at radius 2 is 1.89 bits per heavy atom. The first-order chi connectivity index (χ1) is 12.1. The van der Waals surface area contributed by atoms with Gasteiger partial charge in [0, 0.05) is 18.6 Å². The number of nitrogens with one attached hydrogen (secondary N) is 1. The molecule has 2 fully saturated rings. The number of amides is 1. The predicted octanol–water partition coefficient (Wildman–Crippen LogP) is 3.17. The lowest BCUT2D eigenvalue weighted by atomic mass is 9.84. The van der Waals surface area contributed by atoms with Gasteiger partial charge in [-0.1, -0.05) is 18.6 Å². The third-order valence-corrected chi connectivity index (χ3v) is 5.91. The summed E-state index contributed by atoms with van der Waals surface area (Å²) in [5.74, 6) is 1.45. The van der Waals surface area contributed by atoms with Crippen LogP contribution in [-0.4, -0.2) is 44.1 Å². The minimum atomic E-state index is 0. The lowest BCUT2D eigenvalue weighted by molar-refractivity contribution is -0.125. The van der Waals surface area contributed by atoms with Crippen LogP contribution in [0.15, 0.2) is 24.3 Å². The Balaban J connectivity index is 0.00000182. The van der Waals surface area contributed by atoms with E-state index in [1.54, 1.807) is 7.11 Å². The summed E-state index contributed by atoms with van der Waals surface area (Å²) in [7, 11) is 3.86. The number of carbonyl (C=O) groups excluding carboxylic acids is 1. The Labute approximate surface area is 175 Å². The van der Waals surface area contributed by atoms with Gasteiger partial charge in [0.15, 0.2) is 0 Å². The van der Waals surface area contributed by atoms with Gasteiger partial charge in [-0.25, -0.2) is 0 Å². The maximum absolute atomic E-state index is 12.5. The lowest BCUT2D eigenvalue weighted by Gasteiger charge is -2.40. The van der Waals surface area contributed by atoms with E-state index >= 15 is 0 Å². The van der Waals surface area contributed by atoms with Crippen LogP contribution in [0.3, 0.4) is 0 Å². The summed E-state index contributed by atoms with van der Waals surface area (Å²) in [6.45, 7) is 1.82. The summed E-state index contributed by atoms with van der Waals surface area (Å²) >= 11 is 0.